The van der Waals surface area contributed by atoms with Gasteiger partial charge < -0.3 is 5.11 Å². The maximum atomic E-state index is 13.6. The number of halogens is 3. The Kier molecular flexibility index (Phi) is 5.22. The highest BCUT2D eigenvalue weighted by Crippen LogP contribution is 2.21. The normalized spacial score (nSPS) is 11.5. The Morgan fingerprint density at radius 3 is 2.46 bits per heavy atom. The highest BCUT2D eigenvalue weighted by Gasteiger charge is 2.22. The van der Waals surface area contributed by atoms with Crippen LogP contribution in [-0.2, 0) is 16.6 Å². The lowest BCUT2D eigenvalue weighted by Crippen LogP contribution is -2.24. The summed E-state index contributed by atoms with van der Waals surface area (Å²) in [5.74, 6) is -3.23. The zero-order chi connectivity index (χ0) is 18.1. The SMILES string of the molecule is Cc1cc(F)c(C(=O)O)cc1S(=O)(=O)NCc1ccc(F)c(Cl)c1. The Balaban J connectivity index is 2.31. The first-order valence-corrected chi connectivity index (χ1v) is 8.45. The first kappa shape index (κ1) is 18.3. The maximum Gasteiger partial charge on any atom is 0.338 e. The van der Waals surface area contributed by atoms with Gasteiger partial charge in [0.05, 0.1) is 15.5 Å². The van der Waals surface area contributed by atoms with E-state index in [1.807, 2.05) is 0 Å². The van der Waals surface area contributed by atoms with E-state index in [9.17, 15) is 22.0 Å². The molecule has 2 N–H and O–H groups in total. The molecule has 0 aliphatic carbocycles. The Hall–Kier alpha value is -2.03. The summed E-state index contributed by atoms with van der Waals surface area (Å²) in [4.78, 5) is 10.6. The molecule has 2 aromatic rings. The number of carboxylic acid groups (broad SMARTS) is 1. The molecular formula is C15H12ClF2NO4S. The molecule has 5 nitrogen and oxygen atoms in total. The van der Waals surface area contributed by atoms with Crippen LogP contribution in [0.1, 0.15) is 21.5 Å². The smallest absolute Gasteiger partial charge is 0.338 e. The van der Waals surface area contributed by atoms with Crippen LogP contribution in [0.25, 0.3) is 0 Å². The zero-order valence-electron chi connectivity index (χ0n) is 12.3. The molecule has 0 spiro atoms. The molecule has 0 amide bonds. The van der Waals surface area contributed by atoms with E-state index >= 15 is 0 Å². The van der Waals surface area contributed by atoms with Crippen LogP contribution in [0, 0.1) is 18.6 Å². The Bertz CT molecular complexity index is 916. The fraction of sp³-hybridized carbons (Fsp3) is 0.133. The van der Waals surface area contributed by atoms with Crippen LogP contribution < -0.4 is 4.72 Å². The predicted molar refractivity (Wildman–Crippen MR) is 83.5 cm³/mol. The molecule has 0 saturated carbocycles. The summed E-state index contributed by atoms with van der Waals surface area (Å²) < 4.78 is 53.5. The third-order valence-corrected chi connectivity index (χ3v) is 5.07. The van der Waals surface area contributed by atoms with Crippen LogP contribution >= 0.6 is 11.6 Å². The Morgan fingerprint density at radius 1 is 1.21 bits per heavy atom. The minimum absolute atomic E-state index is 0.0575. The topological polar surface area (TPSA) is 83.5 Å². The molecule has 2 rings (SSSR count). The molecule has 0 atom stereocenters. The standard InChI is InChI=1S/C15H12ClF2NO4S/c1-8-4-13(18)10(15(20)21)6-14(8)24(22,23)19-7-9-2-3-12(17)11(16)5-9/h2-6,19H,7H2,1H3,(H,20,21). The summed E-state index contributed by atoms with van der Waals surface area (Å²) in [6, 6.07) is 5.31. The van der Waals surface area contributed by atoms with Crippen molar-refractivity contribution in [3.05, 3.63) is 63.7 Å². The molecule has 0 saturated heterocycles. The van der Waals surface area contributed by atoms with Crippen LogP contribution in [0.15, 0.2) is 35.2 Å². The number of aryl methyl sites for hydroxylation is 1. The van der Waals surface area contributed by atoms with Gasteiger partial charge in [0.2, 0.25) is 10.0 Å². The quantitative estimate of drug-likeness (QED) is 0.841. The van der Waals surface area contributed by atoms with Crippen LogP contribution in [0.3, 0.4) is 0 Å². The summed E-state index contributed by atoms with van der Waals surface area (Å²) in [6.45, 7) is 1.15. The zero-order valence-corrected chi connectivity index (χ0v) is 13.9. The van der Waals surface area contributed by atoms with Crippen molar-refractivity contribution in [1.82, 2.24) is 4.72 Å². The van der Waals surface area contributed by atoms with E-state index in [1.54, 1.807) is 0 Å². The van der Waals surface area contributed by atoms with Crippen molar-refractivity contribution >= 4 is 27.6 Å². The van der Waals surface area contributed by atoms with Gasteiger partial charge in [-0.15, -0.1) is 0 Å². The van der Waals surface area contributed by atoms with Crippen molar-refractivity contribution in [2.45, 2.75) is 18.4 Å². The first-order chi connectivity index (χ1) is 11.1. The second kappa shape index (κ2) is 6.84. The van der Waals surface area contributed by atoms with Crippen molar-refractivity contribution in [3.63, 3.8) is 0 Å². The molecule has 0 heterocycles. The van der Waals surface area contributed by atoms with E-state index in [2.05, 4.69) is 4.72 Å². The molecule has 0 aromatic heterocycles. The molecule has 0 unspecified atom stereocenters. The molecular weight excluding hydrogens is 364 g/mol. The molecule has 0 aliphatic heterocycles. The summed E-state index contributed by atoms with van der Waals surface area (Å²) in [7, 11) is -4.10. The van der Waals surface area contributed by atoms with Crippen LogP contribution in [0.2, 0.25) is 5.02 Å². The van der Waals surface area contributed by atoms with Crippen molar-refractivity contribution in [3.8, 4) is 0 Å². The number of nitrogens with one attached hydrogen (secondary N) is 1. The highest BCUT2D eigenvalue weighted by atomic mass is 35.5. The molecule has 9 heteroatoms. The van der Waals surface area contributed by atoms with E-state index in [4.69, 9.17) is 16.7 Å². The number of hydrogen-bond acceptors (Lipinski definition) is 3. The molecule has 24 heavy (non-hydrogen) atoms. The largest absolute Gasteiger partial charge is 0.478 e. The number of hydrogen-bond donors (Lipinski definition) is 2. The van der Waals surface area contributed by atoms with Gasteiger partial charge in [0.1, 0.15) is 11.6 Å². The van der Waals surface area contributed by atoms with E-state index in [0.717, 1.165) is 18.2 Å². The number of carbonyl (C=O) groups is 1. The number of aromatic carboxylic acids is 1. The minimum Gasteiger partial charge on any atom is -0.478 e. The molecule has 0 aliphatic rings. The average molecular weight is 376 g/mol. The maximum absolute atomic E-state index is 13.6. The fourth-order valence-corrected chi connectivity index (χ4v) is 3.48. The lowest BCUT2D eigenvalue weighted by Gasteiger charge is -2.11. The monoisotopic (exact) mass is 375 g/mol. The molecule has 0 fully saturated rings. The van der Waals surface area contributed by atoms with Crippen molar-refractivity contribution in [1.29, 1.82) is 0 Å². The molecule has 0 radical (unpaired) electrons. The Morgan fingerprint density at radius 2 is 1.88 bits per heavy atom. The minimum atomic E-state index is -4.10. The summed E-state index contributed by atoms with van der Waals surface area (Å²) in [5.41, 5.74) is -0.281. The summed E-state index contributed by atoms with van der Waals surface area (Å²) in [5, 5.41) is 8.75. The van der Waals surface area contributed by atoms with E-state index < -0.39 is 33.2 Å². The second-order valence-corrected chi connectivity index (χ2v) is 7.12. The van der Waals surface area contributed by atoms with Crippen LogP contribution in [0.4, 0.5) is 8.78 Å². The lowest BCUT2D eigenvalue weighted by molar-refractivity contribution is 0.0691. The van der Waals surface area contributed by atoms with Crippen LogP contribution in [-0.4, -0.2) is 19.5 Å². The number of carboxylic acids is 1. The van der Waals surface area contributed by atoms with Crippen LogP contribution in [0.5, 0.6) is 0 Å². The van der Waals surface area contributed by atoms with Gasteiger partial charge in [-0.1, -0.05) is 17.7 Å². The van der Waals surface area contributed by atoms with Gasteiger partial charge in [-0.3, -0.25) is 0 Å². The molecule has 0 bridgehead atoms. The van der Waals surface area contributed by atoms with E-state index in [0.29, 0.717) is 5.56 Å². The summed E-state index contributed by atoms with van der Waals surface area (Å²) in [6.07, 6.45) is 0. The van der Waals surface area contributed by atoms with Crippen molar-refractivity contribution < 1.29 is 27.1 Å². The third-order valence-electron chi connectivity index (χ3n) is 3.23. The fourth-order valence-electron chi connectivity index (χ4n) is 2.01. The van der Waals surface area contributed by atoms with Gasteiger partial charge in [-0.2, -0.15) is 0 Å². The van der Waals surface area contributed by atoms with Crippen molar-refractivity contribution in [2.24, 2.45) is 0 Å². The van der Waals surface area contributed by atoms with E-state index in [-0.39, 0.29) is 22.0 Å². The molecule has 128 valence electrons. The van der Waals surface area contributed by atoms with Gasteiger partial charge in [0.15, 0.2) is 0 Å². The number of sulfonamides is 1. The first-order valence-electron chi connectivity index (χ1n) is 6.59. The van der Waals surface area contributed by atoms with Crippen molar-refractivity contribution in [2.75, 3.05) is 0 Å². The van der Waals surface area contributed by atoms with Gasteiger partial charge in [-0.25, -0.2) is 26.7 Å². The predicted octanol–water partition coefficient (Wildman–Crippen LogP) is 3.10. The lowest BCUT2D eigenvalue weighted by atomic mass is 10.1. The third kappa shape index (κ3) is 3.89. The van der Waals surface area contributed by atoms with Gasteiger partial charge >= 0.3 is 5.97 Å². The Labute approximate surface area is 141 Å². The summed E-state index contributed by atoms with van der Waals surface area (Å²) >= 11 is 5.62. The molecule has 2 aromatic carbocycles. The second-order valence-electron chi connectivity index (χ2n) is 4.98. The average Bonchev–Trinajstić information content (AvgIpc) is 2.48. The highest BCUT2D eigenvalue weighted by molar-refractivity contribution is 7.89. The number of rotatable bonds is 5. The van der Waals surface area contributed by atoms with Gasteiger partial charge in [0, 0.05) is 6.54 Å². The van der Waals surface area contributed by atoms with Gasteiger partial charge in [0.25, 0.3) is 0 Å². The number of benzene rings is 2. The van der Waals surface area contributed by atoms with E-state index in [1.165, 1.54) is 19.1 Å². The van der Waals surface area contributed by atoms with Gasteiger partial charge in [-0.05, 0) is 42.3 Å².